The molecule has 2 aliphatic rings. The molecule has 2 heterocycles. The maximum Gasteiger partial charge on any atom is 0.490 e. The van der Waals surface area contributed by atoms with E-state index in [0.29, 0.717) is 18.2 Å². The Morgan fingerprint density at radius 2 is 1.73 bits per heavy atom. The summed E-state index contributed by atoms with van der Waals surface area (Å²) in [6, 6.07) is 10.1. The van der Waals surface area contributed by atoms with Gasteiger partial charge in [-0.15, -0.1) is 0 Å². The molecule has 7 heteroatoms. The minimum Gasteiger partial charge on any atom is -0.490 e. The number of unbranched alkanes of at least 4 members (excludes halogenated alkanes) is 1. The number of alkyl halides is 3. The van der Waals surface area contributed by atoms with Crippen LogP contribution in [0.25, 0.3) is 0 Å². The van der Waals surface area contributed by atoms with Crippen molar-refractivity contribution >= 4 is 5.97 Å². The van der Waals surface area contributed by atoms with Gasteiger partial charge in [-0.25, -0.2) is 4.79 Å². The maximum atomic E-state index is 10.6. The average Bonchev–Trinajstić information content (AvgIpc) is 2.92. The number of aryl methyl sites for hydroxylation is 1. The lowest BCUT2D eigenvalue weighted by Gasteiger charge is -2.29. The molecule has 2 saturated heterocycles. The zero-order chi connectivity index (χ0) is 19.2. The lowest BCUT2D eigenvalue weighted by molar-refractivity contribution is -0.192. The van der Waals surface area contributed by atoms with Gasteiger partial charge in [-0.1, -0.05) is 25.5 Å². The first-order chi connectivity index (χ1) is 12.3. The van der Waals surface area contributed by atoms with Crippen LogP contribution in [-0.4, -0.2) is 35.4 Å². The molecule has 3 rings (SSSR count). The van der Waals surface area contributed by atoms with Crippen molar-refractivity contribution in [1.82, 2.24) is 5.32 Å². The molecule has 3 atom stereocenters. The Hall–Kier alpha value is -1.76. The maximum absolute atomic E-state index is 10.6. The number of hydrogen-bond donors (Lipinski definition) is 2. The predicted molar refractivity (Wildman–Crippen MR) is 92.3 cm³/mol. The fourth-order valence-electron chi connectivity index (χ4n) is 3.41. The smallest absolute Gasteiger partial charge is 0.490 e. The number of aliphatic carboxylic acids is 1. The zero-order valence-corrected chi connectivity index (χ0v) is 14.9. The Balaban J connectivity index is 0.000000298. The predicted octanol–water partition coefficient (Wildman–Crippen LogP) is 4.32. The molecule has 4 nitrogen and oxygen atoms in total. The highest BCUT2D eigenvalue weighted by Crippen LogP contribution is 2.29. The van der Waals surface area contributed by atoms with E-state index in [1.54, 1.807) is 0 Å². The van der Waals surface area contributed by atoms with Crippen molar-refractivity contribution in [3.8, 4) is 5.75 Å². The SMILES string of the molecule is CCCCc1ccc(OC2C[C@H]3CC[C@@H](C2)N3)cc1.O=C(O)C(F)(F)F. The number of fused-ring (bicyclic) bond motifs is 2. The molecular formula is C19H26F3NO3. The van der Waals surface area contributed by atoms with E-state index in [0.717, 1.165) is 5.75 Å². The molecule has 1 unspecified atom stereocenters. The molecule has 26 heavy (non-hydrogen) atoms. The van der Waals surface area contributed by atoms with Crippen molar-refractivity contribution in [2.24, 2.45) is 0 Å². The Bertz CT molecular complexity index is 562. The minimum absolute atomic E-state index is 0.417. The van der Waals surface area contributed by atoms with E-state index in [1.165, 1.54) is 50.5 Å². The van der Waals surface area contributed by atoms with Gasteiger partial charge in [-0.05, 0) is 56.2 Å². The van der Waals surface area contributed by atoms with Crippen LogP contribution in [0.4, 0.5) is 13.2 Å². The molecule has 0 spiro atoms. The van der Waals surface area contributed by atoms with Crippen LogP contribution in [0.1, 0.15) is 51.0 Å². The molecular weight excluding hydrogens is 347 g/mol. The summed E-state index contributed by atoms with van der Waals surface area (Å²) >= 11 is 0. The molecule has 0 aromatic heterocycles. The van der Waals surface area contributed by atoms with Crippen LogP contribution in [0.3, 0.4) is 0 Å². The molecule has 0 aliphatic carbocycles. The van der Waals surface area contributed by atoms with Gasteiger partial charge in [0.2, 0.25) is 0 Å². The minimum atomic E-state index is -5.08. The van der Waals surface area contributed by atoms with Gasteiger partial charge in [0, 0.05) is 12.1 Å². The third-order valence-electron chi connectivity index (χ3n) is 4.72. The third kappa shape index (κ3) is 6.52. The van der Waals surface area contributed by atoms with E-state index in [-0.39, 0.29) is 0 Å². The van der Waals surface area contributed by atoms with Gasteiger partial charge in [0.15, 0.2) is 0 Å². The zero-order valence-electron chi connectivity index (χ0n) is 14.9. The first-order valence-electron chi connectivity index (χ1n) is 9.09. The molecule has 0 amide bonds. The van der Waals surface area contributed by atoms with Crippen LogP contribution in [0.5, 0.6) is 5.75 Å². The number of benzene rings is 1. The van der Waals surface area contributed by atoms with Crippen molar-refractivity contribution in [1.29, 1.82) is 0 Å². The number of carbonyl (C=O) groups is 1. The van der Waals surface area contributed by atoms with Gasteiger partial charge in [-0.2, -0.15) is 13.2 Å². The van der Waals surface area contributed by atoms with E-state index >= 15 is 0 Å². The summed E-state index contributed by atoms with van der Waals surface area (Å²) in [6.07, 6.45) is 4.07. The summed E-state index contributed by atoms with van der Waals surface area (Å²) in [4.78, 5) is 8.90. The summed E-state index contributed by atoms with van der Waals surface area (Å²) in [7, 11) is 0. The topological polar surface area (TPSA) is 58.6 Å². The van der Waals surface area contributed by atoms with Crippen LogP contribution < -0.4 is 10.1 Å². The van der Waals surface area contributed by atoms with Crippen molar-refractivity contribution in [3.63, 3.8) is 0 Å². The standard InChI is InChI=1S/C17H25NO.C2HF3O2/c1-2-3-4-13-5-9-16(10-6-13)19-17-11-14-7-8-15(12-17)18-14;3-2(4,5)1(6)7/h5-6,9-10,14-15,17-18H,2-4,7-8,11-12H2,1H3;(H,6,7)/t14-,15+,17?;. The Labute approximate surface area is 151 Å². The monoisotopic (exact) mass is 373 g/mol. The normalized spacial score (nSPS) is 24.5. The highest BCUT2D eigenvalue weighted by Gasteiger charge is 2.38. The third-order valence-corrected chi connectivity index (χ3v) is 4.72. The van der Waals surface area contributed by atoms with Gasteiger partial charge in [-0.3, -0.25) is 0 Å². The van der Waals surface area contributed by atoms with Gasteiger partial charge >= 0.3 is 12.1 Å². The molecule has 146 valence electrons. The second kappa shape index (κ2) is 9.26. The Kier molecular flexibility index (Phi) is 7.32. The second-order valence-electron chi connectivity index (χ2n) is 6.90. The second-order valence-corrected chi connectivity index (χ2v) is 6.90. The fraction of sp³-hybridized carbons (Fsp3) is 0.632. The lowest BCUT2D eigenvalue weighted by atomic mass is 10.0. The van der Waals surface area contributed by atoms with Crippen LogP contribution in [-0.2, 0) is 11.2 Å². The fourth-order valence-corrected chi connectivity index (χ4v) is 3.41. The van der Waals surface area contributed by atoms with Crippen molar-refractivity contribution < 1.29 is 27.8 Å². The number of piperidine rings is 1. The quantitative estimate of drug-likeness (QED) is 0.807. The van der Waals surface area contributed by atoms with E-state index in [2.05, 4.69) is 36.5 Å². The van der Waals surface area contributed by atoms with Crippen LogP contribution in [0.15, 0.2) is 24.3 Å². The number of carboxylic acids is 1. The van der Waals surface area contributed by atoms with Crippen LogP contribution in [0, 0.1) is 0 Å². The number of hydrogen-bond acceptors (Lipinski definition) is 3. The molecule has 2 bridgehead atoms. The van der Waals surface area contributed by atoms with Gasteiger partial charge in [0.1, 0.15) is 11.9 Å². The number of halogens is 3. The van der Waals surface area contributed by atoms with Crippen molar-refractivity contribution in [2.75, 3.05) is 0 Å². The first-order valence-corrected chi connectivity index (χ1v) is 9.09. The van der Waals surface area contributed by atoms with Crippen LogP contribution in [0.2, 0.25) is 0 Å². The van der Waals surface area contributed by atoms with E-state index in [9.17, 15) is 13.2 Å². The number of carboxylic acid groups (broad SMARTS) is 1. The highest BCUT2D eigenvalue weighted by molar-refractivity contribution is 5.73. The number of nitrogens with one attached hydrogen (secondary N) is 1. The van der Waals surface area contributed by atoms with Crippen molar-refractivity contribution in [3.05, 3.63) is 29.8 Å². The first kappa shape index (κ1) is 20.6. The molecule has 2 N–H and O–H groups in total. The van der Waals surface area contributed by atoms with Crippen molar-refractivity contribution in [2.45, 2.75) is 76.2 Å². The molecule has 0 saturated carbocycles. The molecule has 1 aromatic carbocycles. The Morgan fingerprint density at radius 1 is 1.19 bits per heavy atom. The molecule has 0 radical (unpaired) electrons. The molecule has 1 aromatic rings. The van der Waals surface area contributed by atoms with E-state index < -0.39 is 12.1 Å². The largest absolute Gasteiger partial charge is 0.490 e. The Morgan fingerprint density at radius 3 is 2.19 bits per heavy atom. The lowest BCUT2D eigenvalue weighted by Crippen LogP contribution is -2.42. The summed E-state index contributed by atoms with van der Waals surface area (Å²) in [5.41, 5.74) is 1.43. The van der Waals surface area contributed by atoms with E-state index in [1.807, 2.05) is 0 Å². The summed E-state index contributed by atoms with van der Waals surface area (Å²) < 4.78 is 37.9. The van der Waals surface area contributed by atoms with E-state index in [4.69, 9.17) is 14.6 Å². The van der Waals surface area contributed by atoms with Gasteiger partial charge < -0.3 is 15.2 Å². The summed E-state index contributed by atoms with van der Waals surface area (Å²) in [6.45, 7) is 2.24. The number of rotatable bonds is 5. The highest BCUT2D eigenvalue weighted by atomic mass is 19.4. The summed E-state index contributed by atoms with van der Waals surface area (Å²) in [5, 5.41) is 10.8. The molecule has 2 fully saturated rings. The average molecular weight is 373 g/mol. The molecule has 2 aliphatic heterocycles. The summed E-state index contributed by atoms with van der Waals surface area (Å²) in [5.74, 6) is -1.71. The van der Waals surface area contributed by atoms with Gasteiger partial charge in [0.05, 0.1) is 0 Å². The van der Waals surface area contributed by atoms with Gasteiger partial charge in [0.25, 0.3) is 0 Å². The number of ether oxygens (including phenoxy) is 1. The van der Waals surface area contributed by atoms with Crippen LogP contribution >= 0.6 is 0 Å².